The van der Waals surface area contributed by atoms with Crippen molar-refractivity contribution in [2.75, 3.05) is 33.5 Å². The van der Waals surface area contributed by atoms with Gasteiger partial charge in [0.2, 0.25) is 0 Å². The Labute approximate surface area is 189 Å². The van der Waals surface area contributed by atoms with Crippen molar-refractivity contribution in [1.82, 2.24) is 5.32 Å². The van der Waals surface area contributed by atoms with Gasteiger partial charge in [-0.2, -0.15) is 0 Å². The molecule has 0 saturated carbocycles. The normalized spacial score (nSPS) is 10.5. The van der Waals surface area contributed by atoms with Gasteiger partial charge in [-0.25, -0.2) is 0 Å². The summed E-state index contributed by atoms with van der Waals surface area (Å²) in [7, 11) is 1.60. The first kappa shape index (κ1) is 25.3. The molecule has 2 aromatic carbocycles. The minimum atomic E-state index is 0. The fourth-order valence-electron chi connectivity index (χ4n) is 2.34. The van der Waals surface area contributed by atoms with Crippen LogP contribution in [0.4, 0.5) is 0 Å². The van der Waals surface area contributed by atoms with Crippen molar-refractivity contribution in [2.45, 2.75) is 13.2 Å². The molecule has 9 heteroatoms. The average molecular weight is 516 g/mol. The third-order valence-corrected chi connectivity index (χ3v) is 4.97. The van der Waals surface area contributed by atoms with E-state index in [9.17, 15) is 0 Å². The average Bonchev–Trinajstić information content (AvgIpc) is 2.66. The van der Waals surface area contributed by atoms with E-state index in [1.54, 1.807) is 19.2 Å². The molecule has 28 heavy (non-hydrogen) atoms. The fourth-order valence-corrected chi connectivity index (χ4v) is 3.27. The second-order valence-corrected chi connectivity index (χ2v) is 7.33. The molecular formula is C19H23BrCl3NO4. The van der Waals surface area contributed by atoms with Gasteiger partial charge in [0.1, 0.15) is 6.61 Å². The molecule has 0 aliphatic heterocycles. The molecular weight excluding hydrogens is 492 g/mol. The second-order valence-electron chi connectivity index (χ2n) is 5.66. The van der Waals surface area contributed by atoms with Crippen LogP contribution in [0.5, 0.6) is 11.5 Å². The number of methoxy groups -OCH3 is 1. The van der Waals surface area contributed by atoms with Crippen LogP contribution in [0.25, 0.3) is 0 Å². The molecule has 2 rings (SSSR count). The molecule has 0 aliphatic carbocycles. The molecule has 0 fully saturated rings. The summed E-state index contributed by atoms with van der Waals surface area (Å²) in [4.78, 5) is 0. The molecule has 0 aromatic heterocycles. The number of nitrogens with one attached hydrogen (secondary N) is 1. The van der Waals surface area contributed by atoms with Crippen LogP contribution in [-0.4, -0.2) is 38.6 Å². The van der Waals surface area contributed by atoms with Gasteiger partial charge in [-0.15, -0.1) is 12.4 Å². The SMILES string of the molecule is COc1cc(CNCCOCCO)cc(Br)c1OCc1ccc(Cl)c(Cl)c1.Cl. The number of aliphatic hydroxyl groups excluding tert-OH is 1. The number of ether oxygens (including phenoxy) is 3. The summed E-state index contributed by atoms with van der Waals surface area (Å²) in [6, 6.07) is 9.30. The van der Waals surface area contributed by atoms with Gasteiger partial charge in [0.25, 0.3) is 0 Å². The Bertz CT molecular complexity index is 749. The van der Waals surface area contributed by atoms with Crippen molar-refractivity contribution in [1.29, 1.82) is 0 Å². The van der Waals surface area contributed by atoms with Crippen LogP contribution in [0.15, 0.2) is 34.8 Å². The molecule has 2 N–H and O–H groups in total. The van der Waals surface area contributed by atoms with Crippen molar-refractivity contribution in [3.05, 3.63) is 56.0 Å². The van der Waals surface area contributed by atoms with E-state index in [0.717, 1.165) is 15.6 Å². The number of hydrogen-bond donors (Lipinski definition) is 2. The van der Waals surface area contributed by atoms with Crippen LogP contribution in [0.1, 0.15) is 11.1 Å². The number of rotatable bonds is 11. The number of halogens is 4. The molecule has 0 bridgehead atoms. The largest absolute Gasteiger partial charge is 0.493 e. The van der Waals surface area contributed by atoms with Gasteiger partial charge < -0.3 is 24.6 Å². The Balaban J connectivity index is 0.00000392. The van der Waals surface area contributed by atoms with Gasteiger partial charge in [0, 0.05) is 13.1 Å². The summed E-state index contributed by atoms with van der Waals surface area (Å²) in [6.07, 6.45) is 0. The smallest absolute Gasteiger partial charge is 0.175 e. The summed E-state index contributed by atoms with van der Waals surface area (Å²) >= 11 is 15.5. The van der Waals surface area contributed by atoms with Crippen LogP contribution >= 0.6 is 51.5 Å². The minimum absolute atomic E-state index is 0. The van der Waals surface area contributed by atoms with E-state index in [1.165, 1.54) is 0 Å². The molecule has 0 radical (unpaired) electrons. The molecule has 5 nitrogen and oxygen atoms in total. The summed E-state index contributed by atoms with van der Waals surface area (Å²) < 4.78 is 17.4. The van der Waals surface area contributed by atoms with Crippen molar-refractivity contribution in [2.24, 2.45) is 0 Å². The van der Waals surface area contributed by atoms with Gasteiger partial charge in [-0.3, -0.25) is 0 Å². The molecule has 0 spiro atoms. The van der Waals surface area contributed by atoms with Crippen molar-refractivity contribution in [3.8, 4) is 11.5 Å². The molecule has 0 amide bonds. The lowest BCUT2D eigenvalue weighted by molar-refractivity contribution is 0.0938. The molecule has 156 valence electrons. The lowest BCUT2D eigenvalue weighted by atomic mass is 10.2. The fraction of sp³-hybridized carbons (Fsp3) is 0.368. The van der Waals surface area contributed by atoms with Crippen molar-refractivity contribution >= 4 is 51.5 Å². The molecule has 0 aliphatic rings. The Kier molecular flexibility index (Phi) is 12.2. The quantitative estimate of drug-likeness (QED) is 0.419. The van der Waals surface area contributed by atoms with E-state index in [-0.39, 0.29) is 19.0 Å². The van der Waals surface area contributed by atoms with Gasteiger partial charge in [0.15, 0.2) is 11.5 Å². The highest BCUT2D eigenvalue weighted by molar-refractivity contribution is 9.10. The second kappa shape index (κ2) is 13.5. The summed E-state index contributed by atoms with van der Waals surface area (Å²) in [6.45, 7) is 2.62. The highest BCUT2D eigenvalue weighted by Gasteiger charge is 2.12. The van der Waals surface area contributed by atoms with E-state index in [0.29, 0.717) is 54.5 Å². The highest BCUT2D eigenvalue weighted by atomic mass is 79.9. The van der Waals surface area contributed by atoms with E-state index >= 15 is 0 Å². The van der Waals surface area contributed by atoms with Crippen LogP contribution in [0.3, 0.4) is 0 Å². The maximum absolute atomic E-state index is 8.67. The first-order valence-corrected chi connectivity index (χ1v) is 9.92. The first-order valence-electron chi connectivity index (χ1n) is 8.37. The van der Waals surface area contributed by atoms with Crippen LogP contribution < -0.4 is 14.8 Å². The zero-order chi connectivity index (χ0) is 19.6. The third-order valence-electron chi connectivity index (χ3n) is 3.64. The van der Waals surface area contributed by atoms with Crippen LogP contribution in [-0.2, 0) is 17.9 Å². The topological polar surface area (TPSA) is 60.0 Å². The van der Waals surface area contributed by atoms with Gasteiger partial charge in [0.05, 0.1) is 41.4 Å². The predicted octanol–water partition coefficient (Wildman–Crippen LogP) is 4.86. The standard InChI is InChI=1S/C19H22BrCl2NO4.ClH/c1-25-18-10-14(11-23-4-6-26-7-5-24)8-15(20)19(18)27-12-13-2-3-16(21)17(22)9-13;/h2-3,8-10,23-24H,4-7,11-12H2,1H3;1H. The number of aliphatic hydroxyl groups is 1. The van der Waals surface area contributed by atoms with Crippen LogP contribution in [0, 0.1) is 0 Å². The van der Waals surface area contributed by atoms with Gasteiger partial charge in [-0.1, -0.05) is 29.3 Å². The molecule has 0 atom stereocenters. The lowest BCUT2D eigenvalue weighted by Crippen LogP contribution is -2.20. The predicted molar refractivity (Wildman–Crippen MR) is 118 cm³/mol. The number of hydrogen-bond acceptors (Lipinski definition) is 5. The van der Waals surface area contributed by atoms with Gasteiger partial charge in [-0.05, 0) is 51.3 Å². The van der Waals surface area contributed by atoms with E-state index in [1.807, 2.05) is 18.2 Å². The minimum Gasteiger partial charge on any atom is -0.493 e. The summed E-state index contributed by atoms with van der Waals surface area (Å²) in [5.41, 5.74) is 1.95. The Hall–Kier alpha value is -0.730. The van der Waals surface area contributed by atoms with Crippen LogP contribution in [0.2, 0.25) is 10.0 Å². The summed E-state index contributed by atoms with van der Waals surface area (Å²) in [5, 5.41) is 13.0. The molecule has 2 aromatic rings. The summed E-state index contributed by atoms with van der Waals surface area (Å²) in [5.74, 6) is 1.26. The van der Waals surface area contributed by atoms with Crippen molar-refractivity contribution < 1.29 is 19.3 Å². The number of benzene rings is 2. The lowest BCUT2D eigenvalue weighted by Gasteiger charge is -2.15. The Morgan fingerprint density at radius 1 is 1.07 bits per heavy atom. The molecule has 0 heterocycles. The molecule has 0 saturated heterocycles. The van der Waals surface area contributed by atoms with Crippen molar-refractivity contribution in [3.63, 3.8) is 0 Å². The van der Waals surface area contributed by atoms with E-state index < -0.39 is 0 Å². The highest BCUT2D eigenvalue weighted by Crippen LogP contribution is 2.37. The van der Waals surface area contributed by atoms with E-state index in [2.05, 4.69) is 21.2 Å². The van der Waals surface area contributed by atoms with Gasteiger partial charge >= 0.3 is 0 Å². The third kappa shape index (κ3) is 7.95. The maximum Gasteiger partial charge on any atom is 0.175 e. The zero-order valence-electron chi connectivity index (χ0n) is 15.3. The molecule has 0 unspecified atom stereocenters. The monoisotopic (exact) mass is 513 g/mol. The Morgan fingerprint density at radius 3 is 2.54 bits per heavy atom. The zero-order valence-corrected chi connectivity index (χ0v) is 19.3. The first-order chi connectivity index (χ1) is 13.0. The van der Waals surface area contributed by atoms with E-state index in [4.69, 9.17) is 42.5 Å². The Morgan fingerprint density at radius 2 is 1.86 bits per heavy atom. The maximum atomic E-state index is 8.67.